The normalized spacial score (nSPS) is 13.4. The number of carboxylic acids is 1. The van der Waals surface area contributed by atoms with E-state index in [2.05, 4.69) is 5.32 Å². The molecule has 6 nitrogen and oxygen atoms in total. The molecule has 0 radical (unpaired) electrons. The Balaban J connectivity index is 1.59. The van der Waals surface area contributed by atoms with Crippen LogP contribution in [-0.4, -0.2) is 35.9 Å². The molecule has 27 heavy (non-hydrogen) atoms. The Hall–Kier alpha value is -2.67. The molecule has 0 saturated heterocycles. The van der Waals surface area contributed by atoms with Crippen LogP contribution in [0.5, 0.6) is 11.5 Å². The molecule has 1 unspecified atom stereocenters. The highest BCUT2D eigenvalue weighted by atomic mass is 32.2. The molecule has 2 aromatic rings. The Morgan fingerprint density at radius 3 is 2.74 bits per heavy atom. The predicted molar refractivity (Wildman–Crippen MR) is 102 cm³/mol. The largest absolute Gasteiger partial charge is 0.494 e. The second kappa shape index (κ2) is 8.81. The van der Waals surface area contributed by atoms with Crippen LogP contribution in [0.4, 0.5) is 0 Å². The summed E-state index contributed by atoms with van der Waals surface area (Å²) in [5, 5.41) is 12.1. The van der Waals surface area contributed by atoms with Gasteiger partial charge in [0.1, 0.15) is 11.5 Å². The second-order valence-electron chi connectivity index (χ2n) is 6.00. The lowest BCUT2D eigenvalue weighted by molar-refractivity contribution is -0.141. The van der Waals surface area contributed by atoms with Crippen LogP contribution in [0.15, 0.2) is 47.4 Å². The molecule has 2 N–H and O–H groups in total. The van der Waals surface area contributed by atoms with Gasteiger partial charge in [0.25, 0.3) is 0 Å². The number of thioether (sulfide) groups is 1. The second-order valence-corrected chi connectivity index (χ2v) is 7.05. The molecule has 0 fully saturated rings. The average Bonchev–Trinajstić information content (AvgIpc) is 3.13. The van der Waals surface area contributed by atoms with Crippen molar-refractivity contribution in [2.75, 3.05) is 19.0 Å². The molecule has 1 aliphatic heterocycles. The summed E-state index contributed by atoms with van der Waals surface area (Å²) in [6, 6.07) is 11.6. The summed E-state index contributed by atoms with van der Waals surface area (Å²) in [4.78, 5) is 24.8. The fourth-order valence-electron chi connectivity index (χ4n) is 2.82. The molecule has 0 bridgehead atoms. The lowest BCUT2D eigenvalue weighted by Crippen LogP contribution is -2.34. The number of carboxylic acid groups (broad SMARTS) is 1. The molecule has 2 aromatic carbocycles. The monoisotopic (exact) mass is 387 g/mol. The van der Waals surface area contributed by atoms with Gasteiger partial charge in [-0.05, 0) is 54.4 Å². The molecule has 3 rings (SSSR count). The van der Waals surface area contributed by atoms with E-state index in [4.69, 9.17) is 9.47 Å². The highest BCUT2D eigenvalue weighted by Gasteiger charge is 2.24. The van der Waals surface area contributed by atoms with E-state index in [1.807, 2.05) is 31.2 Å². The summed E-state index contributed by atoms with van der Waals surface area (Å²) >= 11 is 1.34. The highest BCUT2D eigenvalue weighted by Crippen LogP contribution is 2.28. The Morgan fingerprint density at radius 2 is 2.04 bits per heavy atom. The van der Waals surface area contributed by atoms with Crippen molar-refractivity contribution in [3.8, 4) is 11.5 Å². The van der Waals surface area contributed by atoms with Crippen molar-refractivity contribution < 1.29 is 24.2 Å². The smallest absolute Gasteiger partial charge is 0.330 e. The molecule has 0 aliphatic carbocycles. The van der Waals surface area contributed by atoms with Crippen LogP contribution in [0, 0.1) is 0 Å². The first-order valence-electron chi connectivity index (χ1n) is 8.70. The van der Waals surface area contributed by atoms with Gasteiger partial charge in [-0.1, -0.05) is 6.07 Å². The fourth-order valence-corrected chi connectivity index (χ4v) is 3.53. The minimum absolute atomic E-state index is 0.131. The van der Waals surface area contributed by atoms with E-state index in [0.29, 0.717) is 18.8 Å². The van der Waals surface area contributed by atoms with E-state index in [1.165, 1.54) is 11.8 Å². The summed E-state index contributed by atoms with van der Waals surface area (Å²) in [5.41, 5.74) is 1.52. The molecule has 142 valence electrons. The van der Waals surface area contributed by atoms with Gasteiger partial charge in [0.15, 0.2) is 6.04 Å². The molecule has 1 heterocycles. The molecular weight excluding hydrogens is 366 g/mol. The number of amides is 1. The number of benzene rings is 2. The van der Waals surface area contributed by atoms with Crippen LogP contribution in [0.1, 0.15) is 24.1 Å². The third-order valence-electron chi connectivity index (χ3n) is 4.10. The van der Waals surface area contributed by atoms with Crippen LogP contribution in [-0.2, 0) is 16.0 Å². The van der Waals surface area contributed by atoms with Gasteiger partial charge < -0.3 is 19.9 Å². The van der Waals surface area contributed by atoms with Gasteiger partial charge in [0.05, 0.1) is 19.0 Å². The van der Waals surface area contributed by atoms with Gasteiger partial charge in [0, 0.05) is 11.3 Å². The van der Waals surface area contributed by atoms with Crippen LogP contribution in [0.2, 0.25) is 0 Å². The van der Waals surface area contributed by atoms with Crippen molar-refractivity contribution in [2.45, 2.75) is 24.3 Å². The SMILES string of the molecule is CCOc1ccc(SCC(=O)NC(C(=O)O)c2ccc3c(c2)CCO3)cc1. The molecule has 0 aromatic heterocycles. The van der Waals surface area contributed by atoms with E-state index in [0.717, 1.165) is 28.4 Å². The van der Waals surface area contributed by atoms with Gasteiger partial charge in [-0.25, -0.2) is 4.79 Å². The quantitative estimate of drug-likeness (QED) is 0.677. The standard InChI is InChI=1S/C20H21NO5S/c1-2-25-15-4-6-16(7-5-15)27-12-18(22)21-19(20(23)24)14-3-8-17-13(11-14)9-10-26-17/h3-8,11,19H,2,9-10,12H2,1H3,(H,21,22)(H,23,24). The Bertz CT molecular complexity index is 822. The first-order chi connectivity index (χ1) is 13.1. The zero-order chi connectivity index (χ0) is 19.2. The summed E-state index contributed by atoms with van der Waals surface area (Å²) in [6.45, 7) is 3.11. The van der Waals surface area contributed by atoms with Crippen LogP contribution in [0.3, 0.4) is 0 Å². The van der Waals surface area contributed by atoms with Gasteiger partial charge in [-0.2, -0.15) is 0 Å². The van der Waals surface area contributed by atoms with Gasteiger partial charge in [-0.15, -0.1) is 11.8 Å². The van der Waals surface area contributed by atoms with Crippen LogP contribution < -0.4 is 14.8 Å². The van der Waals surface area contributed by atoms with Crippen molar-refractivity contribution in [1.82, 2.24) is 5.32 Å². The minimum atomic E-state index is -1.09. The zero-order valence-electron chi connectivity index (χ0n) is 14.9. The first-order valence-corrected chi connectivity index (χ1v) is 9.69. The number of rotatable bonds is 8. The lowest BCUT2D eigenvalue weighted by Gasteiger charge is -2.16. The Kier molecular flexibility index (Phi) is 6.24. The van der Waals surface area contributed by atoms with E-state index in [1.54, 1.807) is 18.2 Å². The molecule has 0 spiro atoms. The minimum Gasteiger partial charge on any atom is -0.494 e. The lowest BCUT2D eigenvalue weighted by atomic mass is 10.0. The number of hydrogen-bond acceptors (Lipinski definition) is 5. The maximum atomic E-state index is 12.3. The van der Waals surface area contributed by atoms with E-state index in [9.17, 15) is 14.7 Å². The van der Waals surface area contributed by atoms with Gasteiger partial charge in [-0.3, -0.25) is 4.79 Å². The molecule has 1 amide bonds. The number of carbonyl (C=O) groups excluding carboxylic acids is 1. The Labute approximate surface area is 161 Å². The first kappa shape index (κ1) is 19.1. The maximum Gasteiger partial charge on any atom is 0.330 e. The van der Waals surface area contributed by atoms with E-state index in [-0.39, 0.29) is 11.7 Å². The third kappa shape index (κ3) is 4.95. The van der Waals surface area contributed by atoms with E-state index >= 15 is 0 Å². The summed E-state index contributed by atoms with van der Waals surface area (Å²) in [5.74, 6) is 0.260. The van der Waals surface area contributed by atoms with Gasteiger partial charge in [0.2, 0.25) is 5.91 Å². The number of ether oxygens (including phenoxy) is 2. The van der Waals surface area contributed by atoms with Crippen molar-refractivity contribution >= 4 is 23.6 Å². The highest BCUT2D eigenvalue weighted by molar-refractivity contribution is 8.00. The molecule has 7 heteroatoms. The summed E-state index contributed by atoms with van der Waals surface area (Å²) < 4.78 is 10.8. The predicted octanol–water partition coefficient (Wildman–Crippen LogP) is 3.05. The number of fused-ring (bicyclic) bond motifs is 1. The topological polar surface area (TPSA) is 84.9 Å². The number of nitrogens with one attached hydrogen (secondary N) is 1. The van der Waals surface area contributed by atoms with Crippen molar-refractivity contribution in [3.05, 3.63) is 53.6 Å². The van der Waals surface area contributed by atoms with Crippen molar-refractivity contribution in [1.29, 1.82) is 0 Å². The number of carbonyl (C=O) groups is 2. The zero-order valence-corrected chi connectivity index (χ0v) is 15.8. The fraction of sp³-hybridized carbons (Fsp3) is 0.300. The Morgan fingerprint density at radius 1 is 1.26 bits per heavy atom. The van der Waals surface area contributed by atoms with E-state index < -0.39 is 12.0 Å². The van der Waals surface area contributed by atoms with Crippen molar-refractivity contribution in [3.63, 3.8) is 0 Å². The van der Waals surface area contributed by atoms with Gasteiger partial charge >= 0.3 is 5.97 Å². The summed E-state index contributed by atoms with van der Waals surface area (Å²) in [7, 11) is 0. The maximum absolute atomic E-state index is 12.3. The van der Waals surface area contributed by atoms with Crippen LogP contribution in [0.25, 0.3) is 0 Å². The molecule has 1 aliphatic rings. The number of hydrogen-bond donors (Lipinski definition) is 2. The number of aliphatic carboxylic acids is 1. The average molecular weight is 387 g/mol. The molecule has 1 atom stereocenters. The van der Waals surface area contributed by atoms with Crippen molar-refractivity contribution in [2.24, 2.45) is 0 Å². The molecule has 0 saturated carbocycles. The van der Waals surface area contributed by atoms with Crippen LogP contribution >= 0.6 is 11.8 Å². The third-order valence-corrected chi connectivity index (χ3v) is 5.12. The molecular formula is C20H21NO5S. The summed E-state index contributed by atoms with van der Waals surface area (Å²) in [6.07, 6.45) is 0.747.